The van der Waals surface area contributed by atoms with E-state index in [1.54, 1.807) is 30.5 Å². The van der Waals surface area contributed by atoms with Crippen LogP contribution in [0, 0.1) is 11.6 Å². The molecule has 0 spiro atoms. The van der Waals surface area contributed by atoms with Crippen molar-refractivity contribution in [2.75, 3.05) is 13.6 Å². The Morgan fingerprint density at radius 1 is 1.46 bits per heavy atom. The van der Waals surface area contributed by atoms with Gasteiger partial charge in [-0.1, -0.05) is 12.1 Å². The molecule has 0 saturated heterocycles. The largest absolute Gasteiger partial charge is 0.337 e. The van der Waals surface area contributed by atoms with E-state index < -0.39 is 11.6 Å². The highest BCUT2D eigenvalue weighted by Crippen LogP contribution is 2.42. The number of hydrogen-bond donors (Lipinski definition) is 1. The van der Waals surface area contributed by atoms with Crippen LogP contribution >= 0.6 is 0 Å². The minimum absolute atomic E-state index is 0.134. The van der Waals surface area contributed by atoms with Crippen LogP contribution in [0.15, 0.2) is 36.9 Å². The molecule has 1 aliphatic carbocycles. The van der Waals surface area contributed by atoms with E-state index in [1.807, 2.05) is 10.8 Å². The summed E-state index contributed by atoms with van der Waals surface area (Å²) >= 11 is 0. The van der Waals surface area contributed by atoms with Gasteiger partial charge in [0.1, 0.15) is 0 Å². The van der Waals surface area contributed by atoms with Crippen LogP contribution in [-0.2, 0) is 6.54 Å². The molecule has 3 rings (SSSR count). The third-order valence-corrected chi connectivity index (χ3v) is 4.30. The quantitative estimate of drug-likeness (QED) is 0.883. The fourth-order valence-corrected chi connectivity index (χ4v) is 2.78. The number of amides is 2. The second-order valence-electron chi connectivity index (χ2n) is 6.12. The van der Waals surface area contributed by atoms with Gasteiger partial charge in [-0.3, -0.25) is 0 Å². The van der Waals surface area contributed by atoms with Crippen molar-refractivity contribution in [2.45, 2.75) is 31.3 Å². The van der Waals surface area contributed by atoms with Crippen molar-refractivity contribution < 1.29 is 13.6 Å². The number of rotatable bonds is 6. The molecular weight excluding hydrogens is 314 g/mol. The highest BCUT2D eigenvalue weighted by molar-refractivity contribution is 5.74. The maximum Gasteiger partial charge on any atom is 0.317 e. The van der Waals surface area contributed by atoms with Gasteiger partial charge in [-0.15, -0.1) is 0 Å². The third kappa shape index (κ3) is 3.72. The second kappa shape index (κ2) is 6.98. The molecule has 0 bridgehead atoms. The van der Waals surface area contributed by atoms with Crippen LogP contribution in [0.2, 0.25) is 0 Å². The third-order valence-electron chi connectivity index (χ3n) is 4.30. The minimum atomic E-state index is -0.846. The normalized spacial score (nSPS) is 19.1. The number of nitrogens with one attached hydrogen (secondary N) is 1. The number of benzene rings is 1. The number of urea groups is 1. The number of aromatic nitrogens is 2. The Kier molecular flexibility index (Phi) is 4.78. The lowest BCUT2D eigenvalue weighted by atomic mass is 10.1. The van der Waals surface area contributed by atoms with Crippen LogP contribution in [-0.4, -0.2) is 40.1 Å². The second-order valence-corrected chi connectivity index (χ2v) is 6.12. The van der Waals surface area contributed by atoms with Gasteiger partial charge in [0.25, 0.3) is 0 Å². The fraction of sp³-hybridized carbons (Fsp3) is 0.412. The number of aryl methyl sites for hydroxylation is 1. The molecular formula is C17H20F2N4O. The summed E-state index contributed by atoms with van der Waals surface area (Å²) in [5.74, 6) is -1.81. The number of carbonyl (C=O) groups is 1. The van der Waals surface area contributed by atoms with Gasteiger partial charge in [0, 0.05) is 44.5 Å². The predicted octanol–water partition coefficient (Wildman–Crippen LogP) is 2.75. The van der Waals surface area contributed by atoms with Gasteiger partial charge in [0.05, 0.1) is 6.33 Å². The first-order chi connectivity index (χ1) is 11.6. The molecule has 128 valence electrons. The van der Waals surface area contributed by atoms with Gasteiger partial charge in [-0.2, -0.15) is 0 Å². The van der Waals surface area contributed by atoms with E-state index in [-0.39, 0.29) is 18.0 Å². The fourth-order valence-electron chi connectivity index (χ4n) is 2.78. The molecule has 0 radical (unpaired) electrons. The summed E-state index contributed by atoms with van der Waals surface area (Å²) in [6, 6.07) is 3.84. The van der Waals surface area contributed by atoms with E-state index in [2.05, 4.69) is 10.3 Å². The van der Waals surface area contributed by atoms with E-state index >= 15 is 0 Å². The van der Waals surface area contributed by atoms with Crippen molar-refractivity contribution >= 4 is 6.03 Å². The van der Waals surface area contributed by atoms with E-state index in [4.69, 9.17) is 0 Å². The highest BCUT2D eigenvalue weighted by Gasteiger charge is 2.41. The SMILES string of the molecule is CN(CCCn1ccnc1)C(=O)N[C@H]1C[C@H]1c1cccc(F)c1F. The summed E-state index contributed by atoms with van der Waals surface area (Å²) < 4.78 is 29.0. The Balaban J connectivity index is 1.45. The highest BCUT2D eigenvalue weighted by atomic mass is 19.2. The molecule has 24 heavy (non-hydrogen) atoms. The maximum atomic E-state index is 13.8. The van der Waals surface area contributed by atoms with E-state index in [0.717, 1.165) is 19.0 Å². The molecule has 1 fully saturated rings. The smallest absolute Gasteiger partial charge is 0.317 e. The molecule has 1 heterocycles. The summed E-state index contributed by atoms with van der Waals surface area (Å²) in [7, 11) is 1.73. The number of carbonyl (C=O) groups excluding carboxylic acids is 1. The summed E-state index contributed by atoms with van der Waals surface area (Å²) in [6.45, 7) is 1.40. The van der Waals surface area contributed by atoms with Crippen LogP contribution in [0.1, 0.15) is 24.3 Å². The Labute approximate surface area is 139 Å². The predicted molar refractivity (Wildman–Crippen MR) is 85.5 cm³/mol. The van der Waals surface area contributed by atoms with E-state index in [9.17, 15) is 13.6 Å². The van der Waals surface area contributed by atoms with Crippen molar-refractivity contribution in [1.82, 2.24) is 19.8 Å². The molecule has 7 heteroatoms. The summed E-state index contributed by atoms with van der Waals surface area (Å²) in [5.41, 5.74) is 0.336. The Bertz CT molecular complexity index is 705. The van der Waals surface area contributed by atoms with Crippen LogP contribution in [0.3, 0.4) is 0 Å². The lowest BCUT2D eigenvalue weighted by Gasteiger charge is -2.18. The molecule has 1 aliphatic rings. The molecule has 1 aromatic heterocycles. The Hall–Kier alpha value is -2.44. The van der Waals surface area contributed by atoms with Crippen LogP contribution in [0.5, 0.6) is 0 Å². The standard InChI is InChI=1S/C17H20F2N4O/c1-22(7-3-8-23-9-6-20-11-23)17(24)21-15-10-13(15)12-4-2-5-14(18)16(12)19/h2,4-6,9,11,13,15H,3,7-8,10H2,1H3,(H,21,24)/t13-,15-/m0/s1. The first-order valence-corrected chi connectivity index (χ1v) is 7.97. The Morgan fingerprint density at radius 2 is 2.29 bits per heavy atom. The van der Waals surface area contributed by atoms with Crippen molar-refractivity contribution in [1.29, 1.82) is 0 Å². The molecule has 2 atom stereocenters. The van der Waals surface area contributed by atoms with Crippen LogP contribution in [0.4, 0.5) is 13.6 Å². The van der Waals surface area contributed by atoms with Gasteiger partial charge in [0.15, 0.2) is 11.6 Å². The van der Waals surface area contributed by atoms with Crippen molar-refractivity contribution in [3.05, 3.63) is 54.1 Å². The minimum Gasteiger partial charge on any atom is -0.337 e. The van der Waals surface area contributed by atoms with Crippen LogP contribution < -0.4 is 5.32 Å². The number of nitrogens with zero attached hydrogens (tertiary/aromatic N) is 3. The maximum absolute atomic E-state index is 13.8. The summed E-state index contributed by atoms with van der Waals surface area (Å²) in [6.07, 6.45) is 6.78. The Morgan fingerprint density at radius 3 is 3.04 bits per heavy atom. The van der Waals surface area contributed by atoms with Gasteiger partial charge in [-0.25, -0.2) is 18.6 Å². The van der Waals surface area contributed by atoms with E-state index in [1.165, 1.54) is 6.07 Å². The van der Waals surface area contributed by atoms with Gasteiger partial charge < -0.3 is 14.8 Å². The lowest BCUT2D eigenvalue weighted by molar-refractivity contribution is 0.207. The van der Waals surface area contributed by atoms with Gasteiger partial charge >= 0.3 is 6.03 Å². The number of hydrogen-bond acceptors (Lipinski definition) is 2. The topological polar surface area (TPSA) is 50.2 Å². The van der Waals surface area contributed by atoms with E-state index in [0.29, 0.717) is 18.5 Å². The molecule has 1 N–H and O–H groups in total. The number of imidazole rings is 1. The molecule has 2 aromatic rings. The van der Waals surface area contributed by atoms with Crippen molar-refractivity contribution in [3.63, 3.8) is 0 Å². The van der Waals surface area contributed by atoms with Gasteiger partial charge in [0.2, 0.25) is 0 Å². The molecule has 1 saturated carbocycles. The monoisotopic (exact) mass is 334 g/mol. The first-order valence-electron chi connectivity index (χ1n) is 7.97. The number of halogens is 2. The zero-order chi connectivity index (χ0) is 17.1. The first kappa shape index (κ1) is 16.4. The summed E-state index contributed by atoms with van der Waals surface area (Å²) in [5, 5.41) is 2.87. The molecule has 2 amide bonds. The average molecular weight is 334 g/mol. The zero-order valence-electron chi connectivity index (χ0n) is 13.5. The van der Waals surface area contributed by atoms with Crippen molar-refractivity contribution in [2.24, 2.45) is 0 Å². The molecule has 5 nitrogen and oxygen atoms in total. The molecule has 0 unspecified atom stereocenters. The average Bonchev–Trinajstić information content (AvgIpc) is 3.11. The zero-order valence-corrected chi connectivity index (χ0v) is 13.5. The van der Waals surface area contributed by atoms with Crippen LogP contribution in [0.25, 0.3) is 0 Å². The summed E-state index contributed by atoms with van der Waals surface area (Å²) in [4.78, 5) is 17.7. The van der Waals surface area contributed by atoms with Gasteiger partial charge in [-0.05, 0) is 24.5 Å². The molecule has 1 aromatic carbocycles. The molecule has 0 aliphatic heterocycles. The lowest BCUT2D eigenvalue weighted by Crippen LogP contribution is -2.39. The van der Waals surface area contributed by atoms with Crippen molar-refractivity contribution in [3.8, 4) is 0 Å².